The Morgan fingerprint density at radius 1 is 1.22 bits per heavy atom. The summed E-state index contributed by atoms with van der Waals surface area (Å²) in [6.07, 6.45) is 2.96. The van der Waals surface area contributed by atoms with Gasteiger partial charge in [-0.15, -0.1) is 0 Å². The van der Waals surface area contributed by atoms with Crippen molar-refractivity contribution < 1.29 is 14.0 Å². The van der Waals surface area contributed by atoms with Gasteiger partial charge in [0.05, 0.1) is 18.0 Å². The minimum absolute atomic E-state index is 0.190. The summed E-state index contributed by atoms with van der Waals surface area (Å²) in [5, 5.41) is 3.84. The molecule has 2 fully saturated rings. The van der Waals surface area contributed by atoms with Crippen LogP contribution in [0.15, 0.2) is 18.2 Å². The van der Waals surface area contributed by atoms with Crippen LogP contribution >= 0.6 is 0 Å². The number of carbonyl (C=O) groups excluding carboxylic acids is 1. The highest BCUT2D eigenvalue weighted by Crippen LogP contribution is 2.49. The highest BCUT2D eigenvalue weighted by molar-refractivity contribution is 6.74. The maximum absolute atomic E-state index is 12.4. The number of amides is 1. The third-order valence-corrected chi connectivity index (χ3v) is 11.8. The van der Waals surface area contributed by atoms with E-state index < -0.39 is 13.9 Å². The summed E-state index contributed by atoms with van der Waals surface area (Å²) >= 11 is 0. The molecule has 6 nitrogen and oxygen atoms in total. The minimum Gasteiger partial charge on any atom is -0.444 e. The number of nitrogens with two attached hydrogens (primary N) is 1. The van der Waals surface area contributed by atoms with Crippen LogP contribution in [0.3, 0.4) is 0 Å². The number of ether oxygens (including phenoxy) is 1. The van der Waals surface area contributed by atoms with Crippen LogP contribution in [0.25, 0.3) is 0 Å². The van der Waals surface area contributed by atoms with E-state index in [4.69, 9.17) is 14.9 Å². The highest BCUT2D eigenvalue weighted by atomic mass is 28.4. The normalized spacial score (nSPS) is 23.9. The fraction of sp³-hybridized carbons (Fsp3) is 0.720. The first-order valence-corrected chi connectivity index (χ1v) is 14.8. The molecule has 0 bridgehead atoms. The maximum Gasteiger partial charge on any atom is 0.410 e. The summed E-state index contributed by atoms with van der Waals surface area (Å²) in [7, 11) is -1.79. The summed E-state index contributed by atoms with van der Waals surface area (Å²) in [4.78, 5) is 14.3. The van der Waals surface area contributed by atoms with Gasteiger partial charge < -0.3 is 25.1 Å². The Balaban J connectivity index is 1.54. The van der Waals surface area contributed by atoms with Gasteiger partial charge in [-0.2, -0.15) is 0 Å². The van der Waals surface area contributed by atoms with Gasteiger partial charge in [-0.25, -0.2) is 4.79 Å². The standard InChI is InChI=1S/C25H43N3O3Si/c1-23(2,3)31-22(29)28-12-11-25(17-28)14-19(15-25)27-21-13-18(9-10-20(21)26)16-30-32(7,8)24(4,5)6/h9-10,13,19,27H,11-12,14-17,26H2,1-8H3. The average molecular weight is 462 g/mol. The van der Waals surface area contributed by atoms with E-state index in [1.807, 2.05) is 31.7 Å². The first-order chi connectivity index (χ1) is 14.6. The van der Waals surface area contributed by atoms with Crippen molar-refractivity contribution in [1.29, 1.82) is 0 Å². The predicted molar refractivity (Wildman–Crippen MR) is 134 cm³/mol. The lowest BCUT2D eigenvalue weighted by Gasteiger charge is -2.46. The molecule has 1 aliphatic heterocycles. The number of likely N-dealkylation sites (tertiary alicyclic amines) is 1. The number of nitrogen functional groups attached to an aromatic ring is 1. The molecule has 1 amide bonds. The van der Waals surface area contributed by atoms with E-state index in [9.17, 15) is 4.79 Å². The Bertz CT molecular complexity index is 836. The minimum atomic E-state index is -1.79. The van der Waals surface area contributed by atoms with Gasteiger partial charge in [0.15, 0.2) is 8.32 Å². The molecule has 2 aliphatic rings. The third-order valence-electron chi connectivity index (χ3n) is 7.33. The van der Waals surface area contributed by atoms with Crippen LogP contribution in [0.5, 0.6) is 0 Å². The van der Waals surface area contributed by atoms with Crippen LogP contribution in [0.2, 0.25) is 18.1 Å². The van der Waals surface area contributed by atoms with Crippen molar-refractivity contribution in [3.05, 3.63) is 23.8 Å². The summed E-state index contributed by atoms with van der Waals surface area (Å²) in [6, 6.07) is 6.55. The first kappa shape index (κ1) is 24.9. The van der Waals surface area contributed by atoms with Gasteiger partial charge in [-0.1, -0.05) is 26.8 Å². The number of nitrogens with one attached hydrogen (secondary N) is 1. The monoisotopic (exact) mass is 461 g/mol. The van der Waals surface area contributed by atoms with Gasteiger partial charge in [0.2, 0.25) is 0 Å². The van der Waals surface area contributed by atoms with Crippen LogP contribution in [0, 0.1) is 5.41 Å². The van der Waals surface area contributed by atoms with Crippen LogP contribution in [0.4, 0.5) is 16.2 Å². The smallest absolute Gasteiger partial charge is 0.410 e. The summed E-state index contributed by atoms with van der Waals surface area (Å²) in [5.74, 6) is 0. The van der Waals surface area contributed by atoms with Gasteiger partial charge in [0.1, 0.15) is 5.60 Å². The second kappa shape index (κ2) is 8.56. The lowest BCUT2D eigenvalue weighted by atomic mass is 9.65. The number of carbonyl (C=O) groups is 1. The van der Waals surface area contributed by atoms with E-state index >= 15 is 0 Å². The number of hydrogen-bond donors (Lipinski definition) is 2. The Hall–Kier alpha value is -1.73. The fourth-order valence-corrected chi connectivity index (χ4v) is 5.32. The van der Waals surface area contributed by atoms with Gasteiger partial charge in [0, 0.05) is 19.1 Å². The zero-order chi connectivity index (χ0) is 23.9. The molecule has 3 N–H and O–H groups in total. The molecule has 1 saturated heterocycles. The molecular weight excluding hydrogens is 418 g/mol. The number of anilines is 2. The van der Waals surface area contributed by atoms with E-state index in [1.165, 1.54) is 0 Å². The van der Waals surface area contributed by atoms with Crippen LogP contribution in [0.1, 0.15) is 66.4 Å². The van der Waals surface area contributed by atoms with Gasteiger partial charge in [-0.05, 0) is 81.3 Å². The number of rotatable bonds is 5. The van der Waals surface area contributed by atoms with Crippen molar-refractivity contribution >= 4 is 25.8 Å². The quantitative estimate of drug-likeness (QED) is 0.416. The van der Waals surface area contributed by atoms with Gasteiger partial charge in [-0.3, -0.25) is 0 Å². The van der Waals surface area contributed by atoms with Crippen molar-refractivity contribution in [3.63, 3.8) is 0 Å². The molecule has 3 rings (SSSR count). The summed E-state index contributed by atoms with van der Waals surface area (Å²) < 4.78 is 11.9. The number of benzene rings is 1. The Kier molecular flexibility index (Phi) is 6.66. The predicted octanol–water partition coefficient (Wildman–Crippen LogP) is 5.99. The lowest BCUT2D eigenvalue weighted by molar-refractivity contribution is 0.0237. The number of nitrogens with zero attached hydrogens (tertiary/aromatic N) is 1. The van der Waals surface area contributed by atoms with Crippen molar-refractivity contribution in [2.45, 2.75) is 97.2 Å². The maximum atomic E-state index is 12.4. The second-order valence-electron chi connectivity index (χ2n) is 12.4. The van der Waals surface area contributed by atoms with E-state index in [-0.39, 0.29) is 16.5 Å². The molecule has 1 saturated carbocycles. The van der Waals surface area contributed by atoms with E-state index in [0.717, 1.165) is 49.3 Å². The molecule has 1 heterocycles. The van der Waals surface area contributed by atoms with Crippen LogP contribution in [-0.4, -0.2) is 44.0 Å². The molecular formula is C25H43N3O3Si. The molecule has 7 heteroatoms. The van der Waals surface area contributed by atoms with Crippen molar-refractivity contribution in [1.82, 2.24) is 4.90 Å². The third kappa shape index (κ3) is 5.79. The Morgan fingerprint density at radius 3 is 2.47 bits per heavy atom. The Morgan fingerprint density at radius 2 is 1.88 bits per heavy atom. The molecule has 180 valence electrons. The summed E-state index contributed by atoms with van der Waals surface area (Å²) in [5.41, 5.74) is 8.94. The topological polar surface area (TPSA) is 76.8 Å². The van der Waals surface area contributed by atoms with Crippen LogP contribution in [-0.2, 0) is 15.8 Å². The molecule has 1 aromatic rings. The molecule has 0 aromatic heterocycles. The van der Waals surface area contributed by atoms with Crippen molar-refractivity contribution in [2.24, 2.45) is 5.41 Å². The van der Waals surface area contributed by atoms with E-state index in [1.54, 1.807) is 0 Å². The average Bonchev–Trinajstić information content (AvgIpc) is 3.05. The van der Waals surface area contributed by atoms with Gasteiger partial charge in [0.25, 0.3) is 0 Å². The number of hydrogen-bond acceptors (Lipinski definition) is 5. The van der Waals surface area contributed by atoms with Crippen molar-refractivity contribution in [3.8, 4) is 0 Å². The molecule has 1 spiro atoms. The van der Waals surface area contributed by atoms with Gasteiger partial charge >= 0.3 is 6.09 Å². The molecule has 1 aromatic carbocycles. The zero-order valence-corrected chi connectivity index (χ0v) is 22.3. The summed E-state index contributed by atoms with van der Waals surface area (Å²) in [6.45, 7) is 19.3. The molecule has 32 heavy (non-hydrogen) atoms. The second-order valence-corrected chi connectivity index (χ2v) is 17.2. The molecule has 0 atom stereocenters. The van der Waals surface area contributed by atoms with Crippen molar-refractivity contribution in [2.75, 3.05) is 24.1 Å². The molecule has 1 aliphatic carbocycles. The Labute approximate surface area is 195 Å². The molecule has 0 radical (unpaired) electrons. The first-order valence-electron chi connectivity index (χ1n) is 11.9. The highest BCUT2D eigenvalue weighted by Gasteiger charge is 2.50. The van der Waals surface area contributed by atoms with Crippen LogP contribution < -0.4 is 11.1 Å². The zero-order valence-electron chi connectivity index (χ0n) is 21.3. The van der Waals surface area contributed by atoms with E-state index in [0.29, 0.717) is 12.6 Å². The molecule has 0 unspecified atom stereocenters. The lowest BCUT2D eigenvalue weighted by Crippen LogP contribution is -2.47. The largest absolute Gasteiger partial charge is 0.444 e. The SMILES string of the molecule is CC(C)(C)OC(=O)N1CCC2(CC(Nc3cc(CO[Si](C)(C)C(C)(C)C)ccc3N)C2)C1. The van der Waals surface area contributed by atoms with E-state index in [2.05, 4.69) is 51.3 Å². The fourth-order valence-electron chi connectivity index (χ4n) is 4.36.